The van der Waals surface area contributed by atoms with Crippen LogP contribution in [0, 0.1) is 16.9 Å². The van der Waals surface area contributed by atoms with E-state index in [1.165, 1.54) is 193 Å². The topological polar surface area (TPSA) is 74.2 Å². The maximum atomic E-state index is 12.9. The Morgan fingerprint density at radius 1 is 0.378 bits per heavy atom. The van der Waals surface area contributed by atoms with Gasteiger partial charge in [0.2, 0.25) is 0 Å². The minimum atomic E-state index is -1.27. The molecule has 1 unspecified atom stereocenters. The number of halogens is 3. The van der Waals surface area contributed by atoms with E-state index in [2.05, 4.69) is 59.7 Å². The second kappa shape index (κ2) is 50.6. The van der Waals surface area contributed by atoms with Gasteiger partial charge in [-0.05, 0) is 109 Å². The average molecular weight is 1450 g/mol. The Bertz CT molecular complexity index is 3040. The first-order chi connectivity index (χ1) is 47.0. The van der Waals surface area contributed by atoms with Crippen molar-refractivity contribution in [2.45, 2.75) is 278 Å². The van der Waals surface area contributed by atoms with Gasteiger partial charge in [0.15, 0.2) is 5.78 Å². The molecule has 0 saturated carbocycles. The van der Waals surface area contributed by atoms with Crippen molar-refractivity contribution in [2.24, 2.45) is 10.8 Å². The van der Waals surface area contributed by atoms with Gasteiger partial charge in [-0.25, -0.2) is 0 Å². The van der Waals surface area contributed by atoms with Crippen LogP contribution in [0.2, 0.25) is 10.0 Å². The van der Waals surface area contributed by atoms with Gasteiger partial charge in [-0.2, -0.15) is 30.3 Å². The number of hydrogen-bond donors (Lipinski definition) is 1. The van der Waals surface area contributed by atoms with E-state index in [0.29, 0.717) is 24.8 Å². The van der Waals surface area contributed by atoms with E-state index in [1.807, 2.05) is 97.1 Å². The monoisotopic (exact) mass is 1450 g/mol. The summed E-state index contributed by atoms with van der Waals surface area (Å²) in [4.78, 5) is 12.9. The van der Waals surface area contributed by atoms with Crippen LogP contribution in [-0.4, -0.2) is 73.6 Å². The molecular formula is C88H125BrCl2MgO6. The number of fused-ring (bicyclic) bond motifs is 6. The van der Waals surface area contributed by atoms with Crippen molar-refractivity contribution in [1.29, 1.82) is 0 Å². The van der Waals surface area contributed by atoms with Crippen molar-refractivity contribution in [3.63, 3.8) is 0 Å². The van der Waals surface area contributed by atoms with Gasteiger partial charge in [0.25, 0.3) is 0 Å². The van der Waals surface area contributed by atoms with Gasteiger partial charge >= 0.3 is 23.1 Å². The van der Waals surface area contributed by atoms with Crippen LogP contribution in [0.25, 0.3) is 22.3 Å². The smallest absolute Gasteiger partial charge is 1.00 e. The van der Waals surface area contributed by atoms with E-state index in [-0.39, 0.29) is 56.6 Å². The number of ether oxygens (including phenoxy) is 4. The molecule has 0 fully saturated rings. The molecule has 0 bridgehead atoms. The average Bonchev–Trinajstić information content (AvgIpc) is 1.56. The SMILES string of the molecule is CCCCCCCCCCCCCCCCCCOCC(CC)(CC)COc1ccc2c(c1)C(=O)c1ccccc1-2.CCCCCCCCCCCCCCCCCCOCC(CC)(CC)COc1ccc2c(c1)C(O)(c1ccc(Cl)cc1)c1ccccc1-2.Clc1cc[c-]cc1.[Br-].[Mg+2]. The fourth-order valence-electron chi connectivity index (χ4n) is 13.7. The van der Waals surface area contributed by atoms with Crippen LogP contribution in [0.15, 0.2) is 133 Å². The molecule has 536 valence electrons. The molecule has 0 heterocycles. The first kappa shape index (κ1) is 86.7. The second-order valence-corrected chi connectivity index (χ2v) is 28.8. The fourth-order valence-corrected chi connectivity index (χ4v) is 14.0. The first-order valence-corrected chi connectivity index (χ1v) is 39.3. The summed E-state index contributed by atoms with van der Waals surface area (Å²) in [7, 11) is 0. The van der Waals surface area contributed by atoms with E-state index >= 15 is 0 Å². The van der Waals surface area contributed by atoms with E-state index in [1.54, 1.807) is 24.3 Å². The number of hydrogen-bond acceptors (Lipinski definition) is 6. The molecule has 6 aromatic carbocycles. The number of unbranched alkanes of at least 4 members (excludes halogenated alkanes) is 30. The molecule has 6 nitrogen and oxygen atoms in total. The third-order valence-corrected chi connectivity index (χ3v) is 21.3. The molecule has 0 aliphatic heterocycles. The number of rotatable bonds is 49. The number of benzene rings is 6. The van der Waals surface area contributed by atoms with Crippen LogP contribution in [0.1, 0.15) is 305 Å². The van der Waals surface area contributed by atoms with Gasteiger partial charge in [-0.1, -0.05) is 318 Å². The summed E-state index contributed by atoms with van der Waals surface area (Å²) in [5.41, 5.74) is 6.90. The summed E-state index contributed by atoms with van der Waals surface area (Å²) in [6, 6.07) is 45.6. The third kappa shape index (κ3) is 29.2. The maximum absolute atomic E-state index is 12.9. The van der Waals surface area contributed by atoms with Crippen LogP contribution in [0.4, 0.5) is 0 Å². The number of aliphatic hydroxyl groups is 1. The predicted octanol–water partition coefficient (Wildman–Crippen LogP) is 23.2. The molecule has 0 amide bonds. The van der Waals surface area contributed by atoms with Gasteiger partial charge < -0.3 is 41.0 Å². The molecule has 10 heteroatoms. The van der Waals surface area contributed by atoms with Gasteiger partial charge in [-0.3, -0.25) is 4.79 Å². The van der Waals surface area contributed by atoms with Crippen LogP contribution >= 0.6 is 23.2 Å². The Hall–Kier alpha value is -3.70. The molecule has 2 aliphatic rings. The second-order valence-electron chi connectivity index (χ2n) is 28.0. The Balaban J connectivity index is 0.000000374. The molecule has 1 N–H and O–H groups in total. The summed E-state index contributed by atoms with van der Waals surface area (Å²) < 4.78 is 25.2. The summed E-state index contributed by atoms with van der Waals surface area (Å²) in [5, 5.41) is 13.7. The molecule has 0 saturated heterocycles. The zero-order chi connectivity index (χ0) is 68.4. The molecule has 8 rings (SSSR count). The van der Waals surface area contributed by atoms with Crippen LogP contribution in [-0.2, 0) is 15.1 Å². The van der Waals surface area contributed by atoms with Crippen molar-refractivity contribution < 1.29 is 45.8 Å². The van der Waals surface area contributed by atoms with Crippen molar-refractivity contribution in [2.75, 3.05) is 39.6 Å². The van der Waals surface area contributed by atoms with Crippen LogP contribution in [0.5, 0.6) is 11.5 Å². The maximum Gasteiger partial charge on any atom is 2.00 e. The first-order valence-electron chi connectivity index (χ1n) is 38.5. The number of carbonyl (C=O) groups excluding carboxylic acids is 1. The summed E-state index contributed by atoms with van der Waals surface area (Å²) in [5.74, 6) is 1.65. The minimum Gasteiger partial charge on any atom is -1.00 e. The Morgan fingerprint density at radius 3 is 1.13 bits per heavy atom. The minimum absolute atomic E-state index is 0. The Morgan fingerprint density at radius 2 is 0.724 bits per heavy atom. The van der Waals surface area contributed by atoms with Gasteiger partial charge in [0, 0.05) is 51.3 Å². The van der Waals surface area contributed by atoms with Crippen molar-refractivity contribution in [1.82, 2.24) is 0 Å². The van der Waals surface area contributed by atoms with Gasteiger partial charge in [-0.15, -0.1) is 11.6 Å². The molecule has 98 heavy (non-hydrogen) atoms. The molecular weight excluding hydrogens is 1330 g/mol. The van der Waals surface area contributed by atoms with Crippen molar-refractivity contribution >= 4 is 52.0 Å². The number of carbonyl (C=O) groups is 1. The van der Waals surface area contributed by atoms with E-state index in [4.69, 9.17) is 42.1 Å². The molecule has 1 atom stereocenters. The van der Waals surface area contributed by atoms with Crippen LogP contribution < -0.4 is 26.5 Å². The fraction of sp³-hybridized carbons (Fsp3) is 0.580. The van der Waals surface area contributed by atoms with Gasteiger partial charge in [0.05, 0.1) is 26.4 Å². The van der Waals surface area contributed by atoms with E-state index in [0.717, 1.165) is 125 Å². The Labute approximate surface area is 632 Å². The molecule has 0 spiro atoms. The zero-order valence-corrected chi connectivity index (χ0v) is 66.2. The van der Waals surface area contributed by atoms with Crippen LogP contribution in [0.3, 0.4) is 0 Å². The van der Waals surface area contributed by atoms with Gasteiger partial charge in [0.1, 0.15) is 17.1 Å². The van der Waals surface area contributed by atoms with E-state index < -0.39 is 5.60 Å². The summed E-state index contributed by atoms with van der Waals surface area (Å²) >= 11 is 11.7. The standard InChI is InChI=1S/C44H63ClO3.C38H58O3.C6H4Cl.BrH.Mg/c1-4-7-8-9-10-11-12-13-14-15-16-17-18-19-20-23-32-47-34-43(5-2,6-3)35-48-38-30-31-40-39-24-21-22-25-41(39)44(46,42(40)33-38)36-26-28-37(45)29-27-36;1-4-7-8-9-10-11-12-13-14-15-16-17-18-19-20-23-28-40-30-38(5-2,6-3)31-41-32-26-27-34-33-24-21-22-25-35(33)37(39)36(34)29-32;7-6-4-2-1-3-5-6;;/h21-22,24-31,33,46H,4-20,23,32,34-35H2,1-3H3;21-22,24-27,29H,4-20,23,28,30-31H2,1-3H3;2-5H;1H;/q;;-1;;+2/p-1. The van der Waals surface area contributed by atoms with Crippen molar-refractivity contribution in [3.8, 4) is 33.8 Å². The Kier molecular flexibility index (Phi) is 44.8. The van der Waals surface area contributed by atoms with Crippen molar-refractivity contribution in [3.05, 3.63) is 177 Å². The zero-order valence-electron chi connectivity index (χ0n) is 61.7. The molecule has 0 aromatic heterocycles. The van der Waals surface area contributed by atoms with E-state index in [9.17, 15) is 9.90 Å². The summed E-state index contributed by atoms with van der Waals surface area (Å²) in [6.45, 7) is 17.8. The quantitative estimate of drug-likeness (QED) is 0.0233. The largest absolute Gasteiger partial charge is 2.00 e. The normalized spacial score (nSPS) is 13.4. The summed E-state index contributed by atoms with van der Waals surface area (Å²) in [6.07, 6.45) is 48.3. The third-order valence-electron chi connectivity index (χ3n) is 20.8. The molecule has 6 aromatic rings. The molecule has 2 aliphatic carbocycles. The number of ketones is 1. The molecule has 0 radical (unpaired) electrons. The predicted molar refractivity (Wildman–Crippen MR) is 415 cm³/mol.